The lowest BCUT2D eigenvalue weighted by Crippen LogP contribution is -2.38. The minimum atomic E-state index is -0.396. The molecule has 0 spiro atoms. The molecule has 1 aromatic rings. The Morgan fingerprint density at radius 1 is 1.32 bits per heavy atom. The SMILES string of the molecule is CC(=O)NCCNC(=O)c1nc(N2CCOCC2)ncc1Cl. The molecule has 0 unspecified atom stereocenters. The van der Waals surface area contributed by atoms with Crippen LogP contribution in [0.15, 0.2) is 6.20 Å². The van der Waals surface area contributed by atoms with Gasteiger partial charge in [-0.15, -0.1) is 0 Å². The van der Waals surface area contributed by atoms with Gasteiger partial charge in [0, 0.05) is 33.1 Å². The third-order valence-electron chi connectivity index (χ3n) is 3.02. The first-order valence-electron chi connectivity index (χ1n) is 6.96. The third-order valence-corrected chi connectivity index (χ3v) is 3.30. The molecule has 1 aromatic heterocycles. The number of hydrogen-bond acceptors (Lipinski definition) is 6. The van der Waals surface area contributed by atoms with Crippen molar-refractivity contribution < 1.29 is 14.3 Å². The van der Waals surface area contributed by atoms with Gasteiger partial charge < -0.3 is 20.3 Å². The first kappa shape index (κ1) is 16.4. The van der Waals surface area contributed by atoms with Gasteiger partial charge in [0.05, 0.1) is 24.4 Å². The number of nitrogens with zero attached hydrogens (tertiary/aromatic N) is 3. The van der Waals surface area contributed by atoms with Crippen LogP contribution in [0, 0.1) is 0 Å². The second-order valence-corrected chi connectivity index (χ2v) is 5.11. The molecule has 120 valence electrons. The van der Waals surface area contributed by atoms with E-state index in [0.29, 0.717) is 45.3 Å². The van der Waals surface area contributed by atoms with Crippen molar-refractivity contribution in [1.82, 2.24) is 20.6 Å². The summed E-state index contributed by atoms with van der Waals surface area (Å²) in [5.74, 6) is -0.0871. The molecule has 0 aromatic carbocycles. The lowest BCUT2D eigenvalue weighted by Gasteiger charge is -2.26. The summed E-state index contributed by atoms with van der Waals surface area (Å²) in [6.45, 7) is 4.61. The summed E-state index contributed by atoms with van der Waals surface area (Å²) < 4.78 is 5.27. The summed E-state index contributed by atoms with van der Waals surface area (Å²) in [4.78, 5) is 33.2. The number of aromatic nitrogens is 2. The third kappa shape index (κ3) is 4.54. The number of amides is 2. The molecule has 0 saturated carbocycles. The topological polar surface area (TPSA) is 96.5 Å². The monoisotopic (exact) mass is 327 g/mol. The standard InChI is InChI=1S/C13H18ClN5O3/c1-9(20)15-2-3-16-12(21)11-10(14)8-17-13(18-11)19-4-6-22-7-5-19/h8H,2-7H2,1H3,(H,15,20)(H,16,21). The van der Waals surface area contributed by atoms with Gasteiger partial charge in [-0.1, -0.05) is 11.6 Å². The largest absolute Gasteiger partial charge is 0.378 e. The Bertz CT molecular complexity index is 548. The van der Waals surface area contributed by atoms with Gasteiger partial charge in [0.2, 0.25) is 11.9 Å². The first-order valence-corrected chi connectivity index (χ1v) is 7.33. The van der Waals surface area contributed by atoms with E-state index >= 15 is 0 Å². The van der Waals surface area contributed by atoms with Crippen molar-refractivity contribution >= 4 is 29.4 Å². The van der Waals surface area contributed by atoms with Gasteiger partial charge in [-0.2, -0.15) is 0 Å². The molecule has 0 radical (unpaired) electrons. The highest BCUT2D eigenvalue weighted by atomic mass is 35.5. The van der Waals surface area contributed by atoms with E-state index in [9.17, 15) is 9.59 Å². The van der Waals surface area contributed by atoms with E-state index in [4.69, 9.17) is 16.3 Å². The minimum absolute atomic E-state index is 0.126. The van der Waals surface area contributed by atoms with Crippen molar-refractivity contribution in [3.8, 4) is 0 Å². The molecule has 1 aliphatic heterocycles. The Morgan fingerprint density at radius 3 is 2.68 bits per heavy atom. The number of anilines is 1. The van der Waals surface area contributed by atoms with E-state index < -0.39 is 5.91 Å². The summed E-state index contributed by atoms with van der Waals surface area (Å²) in [5.41, 5.74) is 0.126. The van der Waals surface area contributed by atoms with Crippen LogP contribution in [0.1, 0.15) is 17.4 Å². The first-order chi connectivity index (χ1) is 10.6. The number of ether oxygens (including phenoxy) is 1. The molecule has 0 aliphatic carbocycles. The van der Waals surface area contributed by atoms with Crippen molar-refractivity contribution in [2.24, 2.45) is 0 Å². The Hall–Kier alpha value is -1.93. The maximum absolute atomic E-state index is 12.1. The molecule has 1 aliphatic rings. The van der Waals surface area contributed by atoms with Crippen molar-refractivity contribution in [2.75, 3.05) is 44.3 Å². The number of hydrogen-bond donors (Lipinski definition) is 2. The zero-order chi connectivity index (χ0) is 15.9. The number of carbonyl (C=O) groups is 2. The van der Waals surface area contributed by atoms with Gasteiger partial charge in [-0.05, 0) is 0 Å². The van der Waals surface area contributed by atoms with Crippen LogP contribution < -0.4 is 15.5 Å². The number of nitrogens with one attached hydrogen (secondary N) is 2. The van der Waals surface area contributed by atoms with Crippen molar-refractivity contribution in [2.45, 2.75) is 6.92 Å². The second-order valence-electron chi connectivity index (χ2n) is 4.70. The fourth-order valence-corrected chi connectivity index (χ4v) is 2.11. The maximum Gasteiger partial charge on any atom is 0.271 e. The molecular formula is C13H18ClN5O3. The fraction of sp³-hybridized carbons (Fsp3) is 0.538. The lowest BCUT2D eigenvalue weighted by molar-refractivity contribution is -0.118. The Labute approximate surface area is 133 Å². The van der Waals surface area contributed by atoms with Crippen LogP contribution in [0.4, 0.5) is 5.95 Å². The van der Waals surface area contributed by atoms with Crippen LogP contribution in [0.3, 0.4) is 0 Å². The van der Waals surface area contributed by atoms with E-state index in [0.717, 1.165) is 0 Å². The van der Waals surface area contributed by atoms with Crippen LogP contribution in [0.2, 0.25) is 5.02 Å². The molecule has 1 fully saturated rings. The number of halogens is 1. The average molecular weight is 328 g/mol. The van der Waals surface area contributed by atoms with Crippen molar-refractivity contribution in [3.05, 3.63) is 16.9 Å². The molecule has 0 bridgehead atoms. The van der Waals surface area contributed by atoms with Gasteiger partial charge in [0.15, 0.2) is 5.69 Å². The van der Waals surface area contributed by atoms with E-state index in [1.54, 1.807) is 0 Å². The molecule has 8 nitrogen and oxygen atoms in total. The highest BCUT2D eigenvalue weighted by Crippen LogP contribution is 2.17. The molecular weight excluding hydrogens is 310 g/mol. The summed E-state index contributed by atoms with van der Waals surface area (Å²) in [5, 5.41) is 5.43. The van der Waals surface area contributed by atoms with Crippen LogP contribution in [0.25, 0.3) is 0 Å². The van der Waals surface area contributed by atoms with Crippen LogP contribution >= 0.6 is 11.6 Å². The molecule has 1 saturated heterocycles. The van der Waals surface area contributed by atoms with Crippen LogP contribution in [-0.4, -0.2) is 61.2 Å². The predicted octanol–water partition coefficient (Wildman–Crippen LogP) is -0.167. The fourth-order valence-electron chi connectivity index (χ4n) is 1.93. The van der Waals surface area contributed by atoms with Crippen molar-refractivity contribution in [3.63, 3.8) is 0 Å². The zero-order valence-electron chi connectivity index (χ0n) is 12.3. The molecule has 2 rings (SSSR count). The smallest absolute Gasteiger partial charge is 0.271 e. The summed E-state index contributed by atoms with van der Waals surface area (Å²) >= 11 is 5.99. The van der Waals surface area contributed by atoms with Crippen LogP contribution in [-0.2, 0) is 9.53 Å². The summed E-state index contributed by atoms with van der Waals surface area (Å²) in [6, 6.07) is 0. The van der Waals surface area contributed by atoms with Gasteiger partial charge in [-0.25, -0.2) is 9.97 Å². The number of carbonyl (C=O) groups excluding carboxylic acids is 2. The summed E-state index contributed by atoms with van der Waals surface area (Å²) in [7, 11) is 0. The lowest BCUT2D eigenvalue weighted by atomic mass is 10.3. The zero-order valence-corrected chi connectivity index (χ0v) is 13.0. The Kier molecular flexibility index (Phi) is 5.91. The number of morpholine rings is 1. The second kappa shape index (κ2) is 7.90. The number of rotatable bonds is 5. The highest BCUT2D eigenvalue weighted by Gasteiger charge is 2.18. The van der Waals surface area contributed by atoms with Crippen molar-refractivity contribution in [1.29, 1.82) is 0 Å². The predicted molar refractivity (Wildman–Crippen MR) is 81.1 cm³/mol. The highest BCUT2D eigenvalue weighted by molar-refractivity contribution is 6.33. The maximum atomic E-state index is 12.1. The normalized spacial score (nSPS) is 14.5. The van der Waals surface area contributed by atoms with Gasteiger partial charge in [-0.3, -0.25) is 9.59 Å². The van der Waals surface area contributed by atoms with E-state index in [1.165, 1.54) is 13.1 Å². The average Bonchev–Trinajstić information content (AvgIpc) is 2.52. The van der Waals surface area contributed by atoms with Gasteiger partial charge in [0.25, 0.3) is 5.91 Å². The molecule has 2 amide bonds. The van der Waals surface area contributed by atoms with E-state index in [2.05, 4.69) is 20.6 Å². The van der Waals surface area contributed by atoms with E-state index in [-0.39, 0.29) is 16.6 Å². The molecule has 2 N–H and O–H groups in total. The minimum Gasteiger partial charge on any atom is -0.378 e. The van der Waals surface area contributed by atoms with Gasteiger partial charge >= 0.3 is 0 Å². The Morgan fingerprint density at radius 2 is 2.00 bits per heavy atom. The molecule has 22 heavy (non-hydrogen) atoms. The molecule has 9 heteroatoms. The van der Waals surface area contributed by atoms with Crippen LogP contribution in [0.5, 0.6) is 0 Å². The quantitative estimate of drug-likeness (QED) is 0.729. The Balaban J connectivity index is 1.99. The van der Waals surface area contributed by atoms with E-state index in [1.807, 2.05) is 4.90 Å². The summed E-state index contributed by atoms with van der Waals surface area (Å²) in [6.07, 6.45) is 1.42. The van der Waals surface area contributed by atoms with Gasteiger partial charge in [0.1, 0.15) is 0 Å². The molecule has 2 heterocycles. The molecule has 0 atom stereocenters.